The molecule has 1 atom stereocenters. The van der Waals surface area contributed by atoms with Crippen molar-refractivity contribution in [2.75, 3.05) is 6.61 Å². The summed E-state index contributed by atoms with van der Waals surface area (Å²) >= 11 is 0. The number of esters is 1. The van der Waals surface area contributed by atoms with Gasteiger partial charge in [-0.3, -0.25) is 14.9 Å². The van der Waals surface area contributed by atoms with Gasteiger partial charge in [-0.1, -0.05) is 12.1 Å². The second-order valence-electron chi connectivity index (χ2n) is 3.82. The maximum absolute atomic E-state index is 11.3. The Labute approximate surface area is 105 Å². The van der Waals surface area contributed by atoms with Gasteiger partial charge < -0.3 is 10.5 Å². The molecule has 2 N–H and O–H groups in total. The molecular weight excluding hydrogens is 236 g/mol. The third-order valence-electron chi connectivity index (χ3n) is 2.48. The number of rotatable bonds is 6. The highest BCUT2D eigenvalue weighted by atomic mass is 16.6. The largest absolute Gasteiger partial charge is 0.465 e. The summed E-state index contributed by atoms with van der Waals surface area (Å²) in [5.74, 6) is -0.417. The van der Waals surface area contributed by atoms with Crippen molar-refractivity contribution in [3.8, 4) is 0 Å². The molecule has 6 nitrogen and oxygen atoms in total. The number of nitrogens with zero attached hydrogens (tertiary/aromatic N) is 1. The van der Waals surface area contributed by atoms with Gasteiger partial charge in [0.25, 0.3) is 5.69 Å². The van der Waals surface area contributed by atoms with Gasteiger partial charge in [0.1, 0.15) is 6.04 Å². The number of carbonyl (C=O) groups excluding carboxylic acids is 1. The molecule has 98 valence electrons. The molecule has 0 heterocycles. The number of aryl methyl sites for hydroxylation is 1. The third-order valence-corrected chi connectivity index (χ3v) is 2.48. The first kappa shape index (κ1) is 14.1. The molecule has 0 aliphatic rings. The summed E-state index contributed by atoms with van der Waals surface area (Å²) in [5, 5.41) is 10.5. The summed E-state index contributed by atoms with van der Waals surface area (Å²) < 4.78 is 4.79. The van der Waals surface area contributed by atoms with Gasteiger partial charge in [0.2, 0.25) is 0 Å². The van der Waals surface area contributed by atoms with Gasteiger partial charge in [-0.25, -0.2) is 0 Å². The maximum atomic E-state index is 11.3. The molecule has 0 saturated heterocycles. The Morgan fingerprint density at radius 1 is 1.44 bits per heavy atom. The van der Waals surface area contributed by atoms with Crippen LogP contribution in [0.4, 0.5) is 5.69 Å². The molecule has 0 unspecified atom stereocenters. The molecule has 18 heavy (non-hydrogen) atoms. The molecule has 0 aromatic heterocycles. The molecule has 0 aliphatic carbocycles. The molecule has 6 heteroatoms. The second-order valence-corrected chi connectivity index (χ2v) is 3.82. The first-order valence-corrected chi connectivity index (χ1v) is 5.70. The average molecular weight is 252 g/mol. The lowest BCUT2D eigenvalue weighted by atomic mass is 10.1. The predicted octanol–water partition coefficient (Wildman–Crippen LogP) is 1.42. The van der Waals surface area contributed by atoms with Crippen LogP contribution in [0.15, 0.2) is 24.3 Å². The smallest absolute Gasteiger partial charge is 0.322 e. The van der Waals surface area contributed by atoms with E-state index in [9.17, 15) is 14.9 Å². The van der Waals surface area contributed by atoms with Crippen LogP contribution in [0.5, 0.6) is 0 Å². The van der Waals surface area contributed by atoms with Gasteiger partial charge >= 0.3 is 5.97 Å². The van der Waals surface area contributed by atoms with E-state index < -0.39 is 16.9 Å². The van der Waals surface area contributed by atoms with Crippen molar-refractivity contribution in [3.63, 3.8) is 0 Å². The number of hydrogen-bond donors (Lipinski definition) is 1. The first-order chi connectivity index (χ1) is 8.54. The number of non-ortho nitro benzene ring substituents is 1. The Morgan fingerprint density at radius 2 is 2.06 bits per heavy atom. The van der Waals surface area contributed by atoms with E-state index in [1.54, 1.807) is 19.1 Å². The summed E-state index contributed by atoms with van der Waals surface area (Å²) in [6.07, 6.45) is 1.04. The van der Waals surface area contributed by atoms with Crippen LogP contribution in [0.2, 0.25) is 0 Å². The number of ether oxygens (including phenoxy) is 1. The third kappa shape index (κ3) is 4.14. The lowest BCUT2D eigenvalue weighted by Crippen LogP contribution is -2.32. The molecule has 0 bridgehead atoms. The number of nitrogens with two attached hydrogens (primary N) is 1. The van der Waals surface area contributed by atoms with Crippen LogP contribution in [0, 0.1) is 10.1 Å². The minimum absolute atomic E-state index is 0.0495. The van der Waals surface area contributed by atoms with Crippen molar-refractivity contribution in [2.24, 2.45) is 5.73 Å². The zero-order valence-corrected chi connectivity index (χ0v) is 10.2. The molecular formula is C12H16N2O4. The summed E-state index contributed by atoms with van der Waals surface area (Å²) in [5.41, 5.74) is 6.60. The normalized spacial score (nSPS) is 11.9. The monoisotopic (exact) mass is 252 g/mol. The van der Waals surface area contributed by atoms with E-state index in [-0.39, 0.29) is 5.69 Å². The van der Waals surface area contributed by atoms with Crippen LogP contribution in [0.3, 0.4) is 0 Å². The van der Waals surface area contributed by atoms with Crippen molar-refractivity contribution >= 4 is 11.7 Å². The minimum Gasteiger partial charge on any atom is -0.465 e. The summed E-state index contributed by atoms with van der Waals surface area (Å²) in [4.78, 5) is 21.3. The fraction of sp³-hybridized carbons (Fsp3) is 0.417. The number of nitro benzene ring substituents is 1. The highest BCUT2D eigenvalue weighted by Gasteiger charge is 2.14. The van der Waals surface area contributed by atoms with Gasteiger partial charge in [-0.05, 0) is 25.3 Å². The van der Waals surface area contributed by atoms with Crippen LogP contribution in [-0.4, -0.2) is 23.5 Å². The number of hydrogen-bond acceptors (Lipinski definition) is 5. The van der Waals surface area contributed by atoms with E-state index in [0.29, 0.717) is 19.4 Å². The van der Waals surface area contributed by atoms with E-state index in [1.165, 1.54) is 12.1 Å². The molecule has 1 rings (SSSR count). The Morgan fingerprint density at radius 3 is 2.56 bits per heavy atom. The summed E-state index contributed by atoms with van der Waals surface area (Å²) in [6, 6.07) is 5.54. The SMILES string of the molecule is CCOC(=O)[C@@H](N)CCc1ccc([N+](=O)[O-])cc1. The zero-order chi connectivity index (χ0) is 13.5. The van der Waals surface area contributed by atoms with E-state index >= 15 is 0 Å². The van der Waals surface area contributed by atoms with E-state index in [4.69, 9.17) is 10.5 Å². The van der Waals surface area contributed by atoms with Gasteiger partial charge in [-0.15, -0.1) is 0 Å². The van der Waals surface area contributed by atoms with Crippen LogP contribution in [-0.2, 0) is 16.0 Å². The van der Waals surface area contributed by atoms with Gasteiger partial charge in [-0.2, -0.15) is 0 Å². The van der Waals surface area contributed by atoms with Crippen LogP contribution >= 0.6 is 0 Å². The lowest BCUT2D eigenvalue weighted by Gasteiger charge is -2.10. The van der Waals surface area contributed by atoms with Crippen molar-refractivity contribution in [1.82, 2.24) is 0 Å². The van der Waals surface area contributed by atoms with Gasteiger partial charge in [0.15, 0.2) is 0 Å². The molecule has 1 aromatic carbocycles. The van der Waals surface area contributed by atoms with E-state index in [0.717, 1.165) is 5.56 Å². The zero-order valence-electron chi connectivity index (χ0n) is 10.2. The Balaban J connectivity index is 2.48. The molecule has 0 radical (unpaired) electrons. The average Bonchev–Trinajstić information content (AvgIpc) is 2.36. The molecule has 0 amide bonds. The minimum atomic E-state index is -0.653. The van der Waals surface area contributed by atoms with Crippen LogP contribution < -0.4 is 5.73 Å². The van der Waals surface area contributed by atoms with Gasteiger partial charge in [0.05, 0.1) is 11.5 Å². The quantitative estimate of drug-likeness (QED) is 0.469. The molecule has 0 saturated carbocycles. The molecule has 0 spiro atoms. The predicted molar refractivity (Wildman–Crippen MR) is 66.0 cm³/mol. The topological polar surface area (TPSA) is 95.5 Å². The highest BCUT2D eigenvalue weighted by molar-refractivity contribution is 5.75. The number of nitro groups is 1. The van der Waals surface area contributed by atoms with Crippen LogP contribution in [0.1, 0.15) is 18.9 Å². The lowest BCUT2D eigenvalue weighted by molar-refractivity contribution is -0.384. The van der Waals surface area contributed by atoms with Crippen molar-refractivity contribution in [2.45, 2.75) is 25.8 Å². The number of benzene rings is 1. The van der Waals surface area contributed by atoms with Crippen molar-refractivity contribution in [3.05, 3.63) is 39.9 Å². The van der Waals surface area contributed by atoms with Crippen molar-refractivity contribution < 1.29 is 14.5 Å². The fourth-order valence-electron chi connectivity index (χ4n) is 1.47. The summed E-state index contributed by atoms with van der Waals surface area (Å²) in [7, 11) is 0. The standard InChI is InChI=1S/C12H16N2O4/c1-2-18-12(15)11(13)8-5-9-3-6-10(7-4-9)14(16)17/h3-4,6-7,11H,2,5,8,13H2,1H3/t11-/m0/s1. The second kappa shape index (κ2) is 6.70. The highest BCUT2D eigenvalue weighted by Crippen LogP contribution is 2.13. The Bertz CT molecular complexity index is 417. The van der Waals surface area contributed by atoms with Crippen LogP contribution in [0.25, 0.3) is 0 Å². The number of carbonyl (C=O) groups is 1. The maximum Gasteiger partial charge on any atom is 0.322 e. The Kier molecular flexibility index (Phi) is 5.26. The van der Waals surface area contributed by atoms with Gasteiger partial charge in [0, 0.05) is 12.1 Å². The fourth-order valence-corrected chi connectivity index (χ4v) is 1.47. The van der Waals surface area contributed by atoms with Crippen molar-refractivity contribution in [1.29, 1.82) is 0 Å². The Hall–Kier alpha value is -1.95. The molecule has 0 fully saturated rings. The molecule has 0 aliphatic heterocycles. The molecule has 1 aromatic rings. The van der Waals surface area contributed by atoms with E-state index in [2.05, 4.69) is 0 Å². The summed E-state index contributed by atoms with van der Waals surface area (Å²) in [6.45, 7) is 2.03. The van der Waals surface area contributed by atoms with E-state index in [1.807, 2.05) is 0 Å². The first-order valence-electron chi connectivity index (χ1n) is 5.70.